The van der Waals surface area contributed by atoms with E-state index < -0.39 is 10.0 Å². The predicted octanol–water partition coefficient (Wildman–Crippen LogP) is 1.22. The summed E-state index contributed by atoms with van der Waals surface area (Å²) in [6, 6.07) is 5.77. The third-order valence-corrected chi connectivity index (χ3v) is 6.16. The summed E-state index contributed by atoms with van der Waals surface area (Å²) < 4.78 is 26.8. The Kier molecular flexibility index (Phi) is 7.31. The Morgan fingerprint density at radius 3 is 2.27 bits per heavy atom. The average molecular weight is 382 g/mol. The van der Waals surface area contributed by atoms with Gasteiger partial charge in [0, 0.05) is 31.2 Å². The van der Waals surface area contributed by atoms with E-state index in [0.717, 1.165) is 25.7 Å². The predicted molar refractivity (Wildman–Crippen MR) is 97.2 cm³/mol. The van der Waals surface area contributed by atoms with Crippen LogP contribution in [-0.2, 0) is 14.8 Å². The Balaban J connectivity index is 1.77. The van der Waals surface area contributed by atoms with Crippen LogP contribution >= 0.6 is 0 Å². The van der Waals surface area contributed by atoms with E-state index in [2.05, 4.69) is 10.0 Å². The first-order chi connectivity index (χ1) is 12.3. The molecule has 0 spiro atoms. The summed E-state index contributed by atoms with van der Waals surface area (Å²) in [5.74, 6) is 0.00280. The Hall–Kier alpha value is -1.77. The van der Waals surface area contributed by atoms with E-state index in [1.807, 2.05) is 0 Å². The largest absolute Gasteiger partial charge is 0.396 e. The molecule has 0 saturated heterocycles. The first-order valence-corrected chi connectivity index (χ1v) is 10.3. The number of carbonyl (C=O) groups is 2. The molecule has 0 heterocycles. The van der Waals surface area contributed by atoms with Crippen molar-refractivity contribution in [2.45, 2.75) is 50.0 Å². The topological polar surface area (TPSA) is 113 Å². The summed E-state index contributed by atoms with van der Waals surface area (Å²) in [6.45, 7) is 1.61. The van der Waals surface area contributed by atoms with Gasteiger partial charge in [-0.15, -0.1) is 0 Å². The van der Waals surface area contributed by atoms with Crippen LogP contribution in [0, 0.1) is 5.92 Å². The molecule has 1 aliphatic rings. The van der Waals surface area contributed by atoms with Crippen molar-refractivity contribution in [1.29, 1.82) is 0 Å². The zero-order valence-electron chi connectivity index (χ0n) is 14.9. The molecule has 144 valence electrons. The van der Waals surface area contributed by atoms with Crippen molar-refractivity contribution in [3.63, 3.8) is 0 Å². The van der Waals surface area contributed by atoms with Crippen LogP contribution in [-0.4, -0.2) is 44.4 Å². The number of sulfonamides is 1. The zero-order valence-corrected chi connectivity index (χ0v) is 15.7. The standard InChI is InChI=1S/C18H26N2O5S/c1-13(22)15-4-8-17(9-5-15)26(24,25)19-11-10-18(23)20-16-6-2-14(12-21)3-7-16/h4-5,8-9,14,16,19,21H,2-3,6-7,10-12H2,1H3,(H,20,23). The van der Waals surface area contributed by atoms with E-state index in [1.165, 1.54) is 31.2 Å². The van der Waals surface area contributed by atoms with Gasteiger partial charge in [0.15, 0.2) is 5.78 Å². The highest BCUT2D eigenvalue weighted by Gasteiger charge is 2.22. The average Bonchev–Trinajstić information content (AvgIpc) is 2.62. The van der Waals surface area contributed by atoms with Crippen LogP contribution in [0.3, 0.4) is 0 Å². The number of hydrogen-bond donors (Lipinski definition) is 3. The SMILES string of the molecule is CC(=O)c1ccc(S(=O)(=O)NCCC(=O)NC2CCC(CO)CC2)cc1. The van der Waals surface area contributed by atoms with E-state index in [1.54, 1.807) is 0 Å². The van der Waals surface area contributed by atoms with Gasteiger partial charge >= 0.3 is 0 Å². The van der Waals surface area contributed by atoms with E-state index in [0.29, 0.717) is 11.5 Å². The van der Waals surface area contributed by atoms with E-state index in [4.69, 9.17) is 5.11 Å². The highest BCUT2D eigenvalue weighted by Crippen LogP contribution is 2.23. The van der Waals surface area contributed by atoms with Gasteiger partial charge in [0.2, 0.25) is 15.9 Å². The lowest BCUT2D eigenvalue weighted by molar-refractivity contribution is -0.121. The molecule has 1 aromatic rings. The Morgan fingerprint density at radius 1 is 1.12 bits per heavy atom. The molecule has 26 heavy (non-hydrogen) atoms. The number of benzene rings is 1. The van der Waals surface area contributed by atoms with Gasteiger partial charge in [0.25, 0.3) is 0 Å². The van der Waals surface area contributed by atoms with Crippen LogP contribution in [0.1, 0.15) is 49.4 Å². The van der Waals surface area contributed by atoms with E-state index in [-0.39, 0.29) is 42.2 Å². The molecule has 0 bridgehead atoms. The fourth-order valence-electron chi connectivity index (χ4n) is 3.04. The minimum Gasteiger partial charge on any atom is -0.396 e. The normalized spacial score (nSPS) is 20.5. The lowest BCUT2D eigenvalue weighted by Crippen LogP contribution is -2.39. The molecule has 2 rings (SSSR count). The number of hydrogen-bond acceptors (Lipinski definition) is 5. The number of nitrogens with one attached hydrogen (secondary N) is 2. The van der Waals surface area contributed by atoms with E-state index >= 15 is 0 Å². The van der Waals surface area contributed by atoms with Crippen LogP contribution in [0.5, 0.6) is 0 Å². The van der Waals surface area contributed by atoms with Gasteiger partial charge in [0.1, 0.15) is 0 Å². The number of aliphatic hydroxyl groups is 1. The Bertz CT molecular complexity index is 722. The maximum Gasteiger partial charge on any atom is 0.240 e. The fraction of sp³-hybridized carbons (Fsp3) is 0.556. The van der Waals surface area contributed by atoms with Gasteiger partial charge < -0.3 is 10.4 Å². The summed E-state index contributed by atoms with van der Waals surface area (Å²) in [5.41, 5.74) is 0.444. The second-order valence-electron chi connectivity index (χ2n) is 6.70. The molecule has 1 aromatic carbocycles. The van der Waals surface area contributed by atoms with Crippen molar-refractivity contribution in [2.24, 2.45) is 5.92 Å². The van der Waals surface area contributed by atoms with E-state index in [9.17, 15) is 18.0 Å². The fourth-order valence-corrected chi connectivity index (χ4v) is 4.07. The molecular formula is C18H26N2O5S. The van der Waals surface area contributed by atoms with Crippen LogP contribution in [0.25, 0.3) is 0 Å². The molecule has 1 saturated carbocycles. The molecule has 0 aliphatic heterocycles. The highest BCUT2D eigenvalue weighted by molar-refractivity contribution is 7.89. The summed E-state index contributed by atoms with van der Waals surface area (Å²) in [7, 11) is -3.71. The van der Waals surface area contributed by atoms with Crippen LogP contribution < -0.4 is 10.0 Å². The van der Waals surface area contributed by atoms with Crippen molar-refractivity contribution >= 4 is 21.7 Å². The number of amides is 1. The smallest absolute Gasteiger partial charge is 0.240 e. The maximum atomic E-state index is 12.2. The number of ketones is 1. The van der Waals surface area contributed by atoms with Crippen LogP contribution in [0.15, 0.2) is 29.2 Å². The molecule has 1 aliphatic carbocycles. The number of aliphatic hydroxyl groups excluding tert-OH is 1. The van der Waals surface area contributed by atoms with Gasteiger partial charge in [-0.3, -0.25) is 9.59 Å². The summed E-state index contributed by atoms with van der Waals surface area (Å²) in [5, 5.41) is 12.0. The molecule has 1 fully saturated rings. The summed E-state index contributed by atoms with van der Waals surface area (Å²) in [4.78, 5) is 23.3. The number of rotatable bonds is 8. The number of Topliss-reactive ketones (excluding diaryl/α,β-unsaturated/α-hetero) is 1. The molecule has 0 aromatic heterocycles. The molecule has 0 radical (unpaired) electrons. The van der Waals surface area contributed by atoms with Crippen LogP contribution in [0.2, 0.25) is 0 Å². The molecule has 3 N–H and O–H groups in total. The van der Waals surface area contributed by atoms with Crippen LogP contribution in [0.4, 0.5) is 0 Å². The van der Waals surface area contributed by atoms with Crippen molar-refractivity contribution in [3.8, 4) is 0 Å². The minimum atomic E-state index is -3.71. The third kappa shape index (κ3) is 5.89. The van der Waals surface area contributed by atoms with Crippen molar-refractivity contribution in [1.82, 2.24) is 10.0 Å². The zero-order chi connectivity index (χ0) is 19.2. The Morgan fingerprint density at radius 2 is 1.73 bits per heavy atom. The first kappa shape index (κ1) is 20.5. The quantitative estimate of drug-likeness (QED) is 0.585. The summed E-state index contributed by atoms with van der Waals surface area (Å²) >= 11 is 0. The second kappa shape index (κ2) is 9.25. The second-order valence-corrected chi connectivity index (χ2v) is 8.46. The van der Waals surface area contributed by atoms with Gasteiger partial charge in [-0.1, -0.05) is 12.1 Å². The molecule has 0 unspecified atom stereocenters. The highest BCUT2D eigenvalue weighted by atomic mass is 32.2. The van der Waals surface area contributed by atoms with Crippen molar-refractivity contribution in [3.05, 3.63) is 29.8 Å². The Labute approximate surface area is 154 Å². The first-order valence-electron chi connectivity index (χ1n) is 8.82. The lowest BCUT2D eigenvalue weighted by atomic mass is 9.86. The maximum absolute atomic E-state index is 12.2. The molecule has 0 atom stereocenters. The third-order valence-electron chi connectivity index (χ3n) is 4.69. The van der Waals surface area contributed by atoms with Crippen molar-refractivity contribution < 1.29 is 23.1 Å². The molecular weight excluding hydrogens is 356 g/mol. The van der Waals surface area contributed by atoms with Gasteiger partial charge in [-0.05, 0) is 50.7 Å². The summed E-state index contributed by atoms with van der Waals surface area (Å²) in [6.07, 6.45) is 3.52. The van der Waals surface area contributed by atoms with Gasteiger partial charge in [-0.2, -0.15) is 0 Å². The number of carbonyl (C=O) groups excluding carboxylic acids is 2. The van der Waals surface area contributed by atoms with Gasteiger partial charge in [-0.25, -0.2) is 13.1 Å². The minimum absolute atomic E-state index is 0.00854. The monoisotopic (exact) mass is 382 g/mol. The molecule has 7 nitrogen and oxygen atoms in total. The lowest BCUT2D eigenvalue weighted by Gasteiger charge is -2.27. The van der Waals surface area contributed by atoms with Gasteiger partial charge in [0.05, 0.1) is 4.90 Å². The molecule has 8 heteroatoms. The molecule has 1 amide bonds. The van der Waals surface area contributed by atoms with Crippen molar-refractivity contribution in [2.75, 3.05) is 13.2 Å².